The maximum absolute atomic E-state index is 9.25. The topological polar surface area (TPSA) is 49.2 Å². The van der Waals surface area contributed by atoms with Crippen LogP contribution in [0.1, 0.15) is 30.3 Å². The van der Waals surface area contributed by atoms with E-state index in [0.29, 0.717) is 19.0 Å². The largest absolute Gasteiger partial charge is 0.389 e. The number of aryl methyl sites for hydroxylation is 1. The van der Waals surface area contributed by atoms with Gasteiger partial charge in [-0.15, -0.1) is 0 Å². The quantitative estimate of drug-likeness (QED) is 0.777. The Kier molecular flexibility index (Phi) is 1.92. The number of rotatable bonds is 2. The molecule has 0 atom stereocenters. The summed E-state index contributed by atoms with van der Waals surface area (Å²) in [5.41, 5.74) is 1.03. The number of anilines is 1. The van der Waals surface area contributed by atoms with Gasteiger partial charge < -0.3 is 10.0 Å². The average molecular weight is 205 g/mol. The maximum atomic E-state index is 9.25. The Morgan fingerprint density at radius 1 is 1.33 bits per heavy atom. The van der Waals surface area contributed by atoms with Crippen molar-refractivity contribution in [2.24, 2.45) is 0 Å². The Hall–Kier alpha value is -1.16. The summed E-state index contributed by atoms with van der Waals surface area (Å²) >= 11 is 0. The van der Waals surface area contributed by atoms with Crippen LogP contribution in [-0.4, -0.2) is 34.3 Å². The molecule has 1 aliphatic carbocycles. The van der Waals surface area contributed by atoms with E-state index in [4.69, 9.17) is 0 Å². The third kappa shape index (κ3) is 1.69. The predicted molar refractivity (Wildman–Crippen MR) is 57.0 cm³/mol. The molecule has 0 bridgehead atoms. The van der Waals surface area contributed by atoms with Crippen molar-refractivity contribution in [3.63, 3.8) is 0 Å². The van der Waals surface area contributed by atoms with E-state index in [1.165, 1.54) is 12.8 Å². The Bertz CT molecular complexity index is 383. The van der Waals surface area contributed by atoms with E-state index >= 15 is 0 Å². The lowest BCUT2D eigenvalue weighted by Gasteiger charge is -2.37. The molecule has 1 aromatic heterocycles. The van der Waals surface area contributed by atoms with Crippen LogP contribution < -0.4 is 4.90 Å². The summed E-state index contributed by atoms with van der Waals surface area (Å²) in [5, 5.41) is 9.25. The van der Waals surface area contributed by atoms with Gasteiger partial charge in [-0.25, -0.2) is 9.97 Å². The fourth-order valence-electron chi connectivity index (χ4n) is 1.90. The zero-order chi connectivity index (χ0) is 10.4. The number of hydrogen-bond acceptors (Lipinski definition) is 4. The fourth-order valence-corrected chi connectivity index (χ4v) is 1.90. The van der Waals surface area contributed by atoms with Gasteiger partial charge >= 0.3 is 0 Å². The second kappa shape index (κ2) is 3.17. The van der Waals surface area contributed by atoms with Crippen molar-refractivity contribution >= 4 is 5.82 Å². The Morgan fingerprint density at radius 2 is 2.07 bits per heavy atom. The van der Waals surface area contributed by atoms with Gasteiger partial charge in [0.25, 0.3) is 0 Å². The highest BCUT2D eigenvalue weighted by Gasteiger charge is 2.30. The SMILES string of the molecule is Cc1cc(N2CC(O)C2)nc(C2CC2)n1. The van der Waals surface area contributed by atoms with E-state index in [1.807, 2.05) is 13.0 Å². The molecule has 1 aliphatic heterocycles. The first-order valence-corrected chi connectivity index (χ1v) is 5.51. The lowest BCUT2D eigenvalue weighted by molar-refractivity contribution is 0.141. The van der Waals surface area contributed by atoms with Gasteiger partial charge in [0.05, 0.1) is 6.10 Å². The number of nitrogens with zero attached hydrogens (tertiary/aromatic N) is 3. The number of aromatic nitrogens is 2. The molecule has 2 aliphatic rings. The molecule has 1 aromatic rings. The van der Waals surface area contributed by atoms with Crippen LogP contribution in [0.4, 0.5) is 5.82 Å². The molecule has 0 spiro atoms. The molecule has 3 rings (SSSR count). The van der Waals surface area contributed by atoms with Crippen molar-refractivity contribution in [2.75, 3.05) is 18.0 Å². The molecule has 80 valence electrons. The van der Waals surface area contributed by atoms with Crippen LogP contribution in [0.25, 0.3) is 0 Å². The first-order valence-electron chi connectivity index (χ1n) is 5.51. The molecule has 4 heteroatoms. The van der Waals surface area contributed by atoms with Gasteiger partial charge in [0.15, 0.2) is 0 Å². The van der Waals surface area contributed by atoms with Crippen LogP contribution in [0, 0.1) is 6.92 Å². The van der Waals surface area contributed by atoms with E-state index in [-0.39, 0.29) is 6.10 Å². The highest BCUT2D eigenvalue weighted by Crippen LogP contribution is 2.38. The summed E-state index contributed by atoms with van der Waals surface area (Å²) in [6, 6.07) is 2.00. The Labute approximate surface area is 89.0 Å². The Morgan fingerprint density at radius 3 is 2.67 bits per heavy atom. The lowest BCUT2D eigenvalue weighted by atomic mass is 10.1. The number of β-amino-alcohol motifs (C(OH)–C–C–N with tert-alkyl or cyclic N) is 1. The summed E-state index contributed by atoms with van der Waals surface area (Å²) in [7, 11) is 0. The smallest absolute Gasteiger partial charge is 0.134 e. The van der Waals surface area contributed by atoms with Gasteiger partial charge in [0.1, 0.15) is 11.6 Å². The molecule has 0 amide bonds. The third-order valence-electron chi connectivity index (χ3n) is 2.99. The molecule has 1 saturated heterocycles. The van der Waals surface area contributed by atoms with Crippen LogP contribution in [-0.2, 0) is 0 Å². The molecule has 4 nitrogen and oxygen atoms in total. The number of aliphatic hydroxyl groups excluding tert-OH is 1. The lowest BCUT2D eigenvalue weighted by Crippen LogP contribution is -2.51. The van der Waals surface area contributed by atoms with Crippen LogP contribution >= 0.6 is 0 Å². The molecule has 1 saturated carbocycles. The molecular weight excluding hydrogens is 190 g/mol. The van der Waals surface area contributed by atoms with Gasteiger partial charge in [0, 0.05) is 30.8 Å². The van der Waals surface area contributed by atoms with Crippen molar-refractivity contribution in [1.82, 2.24) is 9.97 Å². The van der Waals surface area contributed by atoms with Crippen LogP contribution in [0.5, 0.6) is 0 Å². The van der Waals surface area contributed by atoms with Gasteiger partial charge in [-0.1, -0.05) is 0 Å². The third-order valence-corrected chi connectivity index (χ3v) is 2.99. The molecule has 2 fully saturated rings. The Balaban J connectivity index is 1.87. The van der Waals surface area contributed by atoms with E-state index in [0.717, 1.165) is 17.3 Å². The van der Waals surface area contributed by atoms with E-state index in [9.17, 15) is 5.11 Å². The van der Waals surface area contributed by atoms with Gasteiger partial charge in [-0.05, 0) is 19.8 Å². The van der Waals surface area contributed by atoms with Crippen molar-refractivity contribution in [2.45, 2.75) is 31.8 Å². The second-order valence-corrected chi connectivity index (χ2v) is 4.56. The number of hydrogen-bond donors (Lipinski definition) is 1. The van der Waals surface area contributed by atoms with Crippen molar-refractivity contribution in [1.29, 1.82) is 0 Å². The highest BCUT2D eigenvalue weighted by molar-refractivity contribution is 5.43. The molecule has 2 heterocycles. The van der Waals surface area contributed by atoms with Crippen molar-refractivity contribution in [3.8, 4) is 0 Å². The van der Waals surface area contributed by atoms with E-state index in [1.54, 1.807) is 0 Å². The van der Waals surface area contributed by atoms with Gasteiger partial charge in [-0.3, -0.25) is 0 Å². The summed E-state index contributed by atoms with van der Waals surface area (Å²) in [6.07, 6.45) is 2.28. The molecule has 15 heavy (non-hydrogen) atoms. The minimum absolute atomic E-state index is 0.176. The molecule has 0 aromatic carbocycles. The summed E-state index contributed by atoms with van der Waals surface area (Å²) in [6.45, 7) is 3.42. The number of aliphatic hydroxyl groups is 1. The zero-order valence-electron chi connectivity index (χ0n) is 8.85. The van der Waals surface area contributed by atoms with Crippen LogP contribution in [0.15, 0.2) is 6.07 Å². The molecule has 0 radical (unpaired) electrons. The van der Waals surface area contributed by atoms with Crippen LogP contribution in [0.2, 0.25) is 0 Å². The van der Waals surface area contributed by atoms with Gasteiger partial charge in [0.2, 0.25) is 0 Å². The zero-order valence-corrected chi connectivity index (χ0v) is 8.85. The standard InChI is InChI=1S/C11H15N3O/c1-7-4-10(14-5-9(15)6-14)13-11(12-7)8-2-3-8/h4,8-9,15H,2-3,5-6H2,1H3. The molecule has 0 unspecified atom stereocenters. The van der Waals surface area contributed by atoms with Crippen molar-refractivity contribution < 1.29 is 5.11 Å². The summed E-state index contributed by atoms with van der Waals surface area (Å²) in [5.74, 6) is 2.57. The molecule has 1 N–H and O–H groups in total. The fraction of sp³-hybridized carbons (Fsp3) is 0.636. The van der Waals surface area contributed by atoms with Gasteiger partial charge in [-0.2, -0.15) is 0 Å². The minimum Gasteiger partial charge on any atom is -0.389 e. The molecular formula is C11H15N3O. The van der Waals surface area contributed by atoms with Crippen LogP contribution in [0.3, 0.4) is 0 Å². The summed E-state index contributed by atoms with van der Waals surface area (Å²) < 4.78 is 0. The maximum Gasteiger partial charge on any atom is 0.134 e. The first-order chi connectivity index (χ1) is 7.22. The van der Waals surface area contributed by atoms with E-state index in [2.05, 4.69) is 14.9 Å². The first kappa shape index (κ1) is 9.09. The monoisotopic (exact) mass is 205 g/mol. The second-order valence-electron chi connectivity index (χ2n) is 4.56. The van der Waals surface area contributed by atoms with E-state index < -0.39 is 0 Å². The minimum atomic E-state index is -0.176. The normalized spacial score (nSPS) is 21.6. The highest BCUT2D eigenvalue weighted by atomic mass is 16.3. The summed E-state index contributed by atoms with van der Waals surface area (Å²) in [4.78, 5) is 11.1. The predicted octanol–water partition coefficient (Wildman–Crippen LogP) is 0.843. The van der Waals surface area contributed by atoms with Crippen molar-refractivity contribution in [3.05, 3.63) is 17.6 Å². The average Bonchev–Trinajstić information content (AvgIpc) is 2.94.